The highest BCUT2D eigenvalue weighted by molar-refractivity contribution is 5.98. The Hall–Kier alpha value is -3.39. The van der Waals surface area contributed by atoms with E-state index in [1.165, 1.54) is 7.11 Å². The van der Waals surface area contributed by atoms with E-state index in [1.807, 2.05) is 0 Å². The molecule has 1 fully saturated rings. The summed E-state index contributed by atoms with van der Waals surface area (Å²) in [6.07, 6.45) is 2.05. The maximum absolute atomic E-state index is 12.3. The molecule has 30 heavy (non-hydrogen) atoms. The van der Waals surface area contributed by atoms with Crippen LogP contribution in [0.2, 0.25) is 0 Å². The van der Waals surface area contributed by atoms with Crippen molar-refractivity contribution in [2.75, 3.05) is 37.4 Å². The van der Waals surface area contributed by atoms with Gasteiger partial charge in [-0.15, -0.1) is 0 Å². The number of carbonyl (C=O) groups excluding carboxylic acids is 3. The Morgan fingerprint density at radius 1 is 1.07 bits per heavy atom. The topological polar surface area (TPSA) is 106 Å². The van der Waals surface area contributed by atoms with E-state index in [4.69, 9.17) is 4.74 Å². The summed E-state index contributed by atoms with van der Waals surface area (Å²) in [6, 6.07) is 13.4. The standard InChI is InChI=1S/C22H25N3O5/c1-29-22(28)15-7-9-17(10-8-15)23-14-20(26)25-18-5-2-4-16(12-18)21(27)24-13-19-6-3-11-30-19/h2,4-5,7-10,12,19,23H,3,6,11,13-14H2,1H3,(H,24,27)(H,25,26). The van der Waals surface area contributed by atoms with E-state index in [-0.39, 0.29) is 24.5 Å². The maximum Gasteiger partial charge on any atom is 0.337 e. The quantitative estimate of drug-likeness (QED) is 0.576. The SMILES string of the molecule is COC(=O)c1ccc(NCC(=O)Nc2cccc(C(=O)NCC3CCCO3)c2)cc1. The van der Waals surface area contributed by atoms with Gasteiger partial charge in [0.25, 0.3) is 5.91 Å². The minimum Gasteiger partial charge on any atom is -0.465 e. The average molecular weight is 411 g/mol. The molecular formula is C22H25N3O5. The largest absolute Gasteiger partial charge is 0.465 e. The first kappa shape index (κ1) is 21.3. The molecule has 0 aromatic heterocycles. The van der Waals surface area contributed by atoms with Crippen LogP contribution in [0, 0.1) is 0 Å². The number of methoxy groups -OCH3 is 1. The molecular weight excluding hydrogens is 386 g/mol. The molecule has 2 amide bonds. The van der Waals surface area contributed by atoms with Crippen molar-refractivity contribution in [2.24, 2.45) is 0 Å². The molecule has 3 N–H and O–H groups in total. The number of nitrogens with one attached hydrogen (secondary N) is 3. The van der Waals surface area contributed by atoms with Crippen LogP contribution in [0.15, 0.2) is 48.5 Å². The van der Waals surface area contributed by atoms with Gasteiger partial charge >= 0.3 is 5.97 Å². The molecule has 0 aliphatic carbocycles. The Labute approximate surface area is 174 Å². The minimum atomic E-state index is -0.418. The zero-order valence-electron chi connectivity index (χ0n) is 16.8. The van der Waals surface area contributed by atoms with E-state index < -0.39 is 5.97 Å². The van der Waals surface area contributed by atoms with E-state index in [9.17, 15) is 14.4 Å². The molecule has 2 aromatic rings. The molecule has 8 nitrogen and oxygen atoms in total. The molecule has 3 rings (SSSR count). The van der Waals surface area contributed by atoms with Crippen molar-refractivity contribution in [3.05, 3.63) is 59.7 Å². The highest BCUT2D eigenvalue weighted by Gasteiger charge is 2.17. The van der Waals surface area contributed by atoms with E-state index in [2.05, 4.69) is 20.7 Å². The van der Waals surface area contributed by atoms with Gasteiger partial charge in [0, 0.05) is 30.1 Å². The molecule has 158 valence electrons. The fraction of sp³-hybridized carbons (Fsp3) is 0.318. The summed E-state index contributed by atoms with van der Waals surface area (Å²) >= 11 is 0. The Morgan fingerprint density at radius 3 is 2.57 bits per heavy atom. The molecule has 0 bridgehead atoms. The van der Waals surface area contributed by atoms with Crippen LogP contribution in [0.1, 0.15) is 33.6 Å². The zero-order chi connectivity index (χ0) is 21.3. The monoisotopic (exact) mass is 411 g/mol. The predicted octanol–water partition coefficient (Wildman–Crippen LogP) is 2.43. The fourth-order valence-electron chi connectivity index (χ4n) is 3.08. The van der Waals surface area contributed by atoms with Crippen molar-refractivity contribution >= 4 is 29.2 Å². The normalized spacial score (nSPS) is 15.3. The lowest BCUT2D eigenvalue weighted by atomic mass is 10.1. The third-order valence-electron chi connectivity index (χ3n) is 4.68. The summed E-state index contributed by atoms with van der Waals surface area (Å²) in [5, 5.41) is 8.61. The second-order valence-electron chi connectivity index (χ2n) is 6.90. The summed E-state index contributed by atoms with van der Waals surface area (Å²) in [4.78, 5) is 36.0. The molecule has 1 saturated heterocycles. The first-order valence-electron chi connectivity index (χ1n) is 9.77. The minimum absolute atomic E-state index is 0.0347. The van der Waals surface area contributed by atoms with E-state index in [1.54, 1.807) is 48.5 Å². The van der Waals surface area contributed by atoms with Gasteiger partial charge in [-0.1, -0.05) is 6.07 Å². The van der Waals surface area contributed by atoms with Crippen LogP contribution in [0.3, 0.4) is 0 Å². The zero-order valence-corrected chi connectivity index (χ0v) is 16.8. The Kier molecular flexibility index (Phi) is 7.40. The molecule has 1 heterocycles. The van der Waals surface area contributed by atoms with E-state index in [0.29, 0.717) is 29.0 Å². The van der Waals surface area contributed by atoms with Gasteiger partial charge in [0.1, 0.15) is 0 Å². The third kappa shape index (κ3) is 6.05. The maximum atomic E-state index is 12.3. The average Bonchev–Trinajstić information content (AvgIpc) is 3.30. The van der Waals surface area contributed by atoms with Crippen molar-refractivity contribution in [1.82, 2.24) is 5.32 Å². The van der Waals surface area contributed by atoms with Crippen molar-refractivity contribution in [1.29, 1.82) is 0 Å². The fourth-order valence-corrected chi connectivity index (χ4v) is 3.08. The molecule has 8 heteroatoms. The molecule has 0 saturated carbocycles. The van der Waals surface area contributed by atoms with Gasteiger partial charge in [-0.05, 0) is 55.3 Å². The summed E-state index contributed by atoms with van der Waals surface area (Å²) in [7, 11) is 1.32. The van der Waals surface area contributed by atoms with Crippen molar-refractivity contribution < 1.29 is 23.9 Å². The van der Waals surface area contributed by atoms with Gasteiger partial charge in [0.2, 0.25) is 5.91 Å². The second-order valence-corrected chi connectivity index (χ2v) is 6.90. The highest BCUT2D eigenvalue weighted by atomic mass is 16.5. The Balaban J connectivity index is 1.48. The number of hydrogen-bond donors (Lipinski definition) is 3. The van der Waals surface area contributed by atoms with E-state index in [0.717, 1.165) is 19.4 Å². The molecule has 1 aliphatic heterocycles. The lowest BCUT2D eigenvalue weighted by Crippen LogP contribution is -2.31. The van der Waals surface area contributed by atoms with Crippen LogP contribution in [-0.4, -0.2) is 50.7 Å². The lowest BCUT2D eigenvalue weighted by Gasteiger charge is -2.12. The summed E-state index contributed by atoms with van der Waals surface area (Å²) in [6.45, 7) is 1.26. The van der Waals surface area contributed by atoms with Crippen molar-refractivity contribution in [2.45, 2.75) is 18.9 Å². The van der Waals surface area contributed by atoms with Gasteiger partial charge < -0.3 is 25.4 Å². The molecule has 1 unspecified atom stereocenters. The van der Waals surface area contributed by atoms with Crippen LogP contribution < -0.4 is 16.0 Å². The summed E-state index contributed by atoms with van der Waals surface area (Å²) < 4.78 is 10.2. The van der Waals surface area contributed by atoms with Crippen molar-refractivity contribution in [3.8, 4) is 0 Å². The number of carbonyl (C=O) groups is 3. The van der Waals surface area contributed by atoms with Gasteiger partial charge in [-0.25, -0.2) is 4.79 Å². The van der Waals surface area contributed by atoms with Crippen LogP contribution in [0.25, 0.3) is 0 Å². The number of esters is 1. The van der Waals surface area contributed by atoms with E-state index >= 15 is 0 Å². The van der Waals surface area contributed by atoms with Gasteiger partial charge in [0.05, 0.1) is 25.3 Å². The van der Waals surface area contributed by atoms with Gasteiger partial charge in [-0.3, -0.25) is 9.59 Å². The van der Waals surface area contributed by atoms with Gasteiger partial charge in [0.15, 0.2) is 0 Å². The first-order chi connectivity index (χ1) is 14.5. The highest BCUT2D eigenvalue weighted by Crippen LogP contribution is 2.14. The molecule has 0 spiro atoms. The van der Waals surface area contributed by atoms with Crippen LogP contribution in [0.5, 0.6) is 0 Å². The Morgan fingerprint density at radius 2 is 1.87 bits per heavy atom. The smallest absolute Gasteiger partial charge is 0.337 e. The number of anilines is 2. The predicted molar refractivity (Wildman–Crippen MR) is 113 cm³/mol. The molecule has 1 atom stereocenters. The van der Waals surface area contributed by atoms with Crippen LogP contribution >= 0.6 is 0 Å². The second kappa shape index (κ2) is 10.4. The lowest BCUT2D eigenvalue weighted by molar-refractivity contribution is -0.114. The Bertz CT molecular complexity index is 892. The number of rotatable bonds is 8. The molecule has 2 aromatic carbocycles. The van der Waals surface area contributed by atoms with Crippen molar-refractivity contribution in [3.63, 3.8) is 0 Å². The number of hydrogen-bond acceptors (Lipinski definition) is 6. The third-order valence-corrected chi connectivity index (χ3v) is 4.68. The summed E-state index contributed by atoms with van der Waals surface area (Å²) in [5.41, 5.74) is 2.13. The number of ether oxygens (including phenoxy) is 2. The van der Waals surface area contributed by atoms with Crippen LogP contribution in [-0.2, 0) is 14.3 Å². The van der Waals surface area contributed by atoms with Crippen LogP contribution in [0.4, 0.5) is 11.4 Å². The molecule has 0 radical (unpaired) electrons. The molecule has 1 aliphatic rings. The first-order valence-corrected chi connectivity index (χ1v) is 9.77. The number of amides is 2. The van der Waals surface area contributed by atoms with Gasteiger partial charge in [-0.2, -0.15) is 0 Å². The summed E-state index contributed by atoms with van der Waals surface area (Å²) in [5.74, 6) is -0.881. The number of benzene rings is 2.